The van der Waals surface area contributed by atoms with E-state index >= 15 is 0 Å². The Kier molecular flexibility index (Phi) is 5.16. The van der Waals surface area contributed by atoms with E-state index in [1.807, 2.05) is 48.5 Å². The first-order chi connectivity index (χ1) is 11.8. The van der Waals surface area contributed by atoms with E-state index in [1.54, 1.807) is 6.08 Å². The van der Waals surface area contributed by atoms with Crippen LogP contribution in [-0.4, -0.2) is 25.8 Å². The second-order valence-electron chi connectivity index (χ2n) is 5.01. The molecule has 2 aromatic carbocycles. The lowest BCUT2D eigenvalue weighted by atomic mass is 10.2. The molecule has 0 N–H and O–H groups in total. The first-order valence-electron chi connectivity index (χ1n) is 7.60. The number of carbonyl (C=O) groups excluding carboxylic acids is 1. The summed E-state index contributed by atoms with van der Waals surface area (Å²) in [5.74, 6) is 6.70. The highest BCUT2D eigenvalue weighted by molar-refractivity contribution is 5.87. The van der Waals surface area contributed by atoms with Gasteiger partial charge in [0.2, 0.25) is 0 Å². The summed E-state index contributed by atoms with van der Waals surface area (Å²) in [5.41, 5.74) is 1.73. The van der Waals surface area contributed by atoms with E-state index in [9.17, 15) is 4.79 Å². The Bertz CT molecular complexity index is 797. The van der Waals surface area contributed by atoms with Gasteiger partial charge in [-0.15, -0.1) is 0 Å². The summed E-state index contributed by atoms with van der Waals surface area (Å²) in [4.78, 5) is 11.7. The molecule has 1 aliphatic heterocycles. The summed E-state index contributed by atoms with van der Waals surface area (Å²) in [7, 11) is 0. The van der Waals surface area contributed by atoms with Gasteiger partial charge in [0.25, 0.3) is 0 Å². The molecule has 0 radical (unpaired) electrons. The summed E-state index contributed by atoms with van der Waals surface area (Å²) < 4.78 is 16.0. The van der Waals surface area contributed by atoms with Crippen molar-refractivity contribution in [1.82, 2.24) is 0 Å². The highest BCUT2D eigenvalue weighted by Gasteiger charge is 2.10. The van der Waals surface area contributed by atoms with Crippen LogP contribution in [0.1, 0.15) is 11.1 Å². The van der Waals surface area contributed by atoms with Gasteiger partial charge in [0, 0.05) is 11.6 Å². The highest BCUT2D eigenvalue weighted by atomic mass is 16.6. The van der Waals surface area contributed by atoms with Crippen molar-refractivity contribution in [3.05, 3.63) is 65.7 Å². The zero-order valence-corrected chi connectivity index (χ0v) is 13.0. The number of hydrogen-bond donors (Lipinski definition) is 0. The second kappa shape index (κ2) is 7.89. The lowest BCUT2D eigenvalue weighted by Crippen LogP contribution is -2.15. The average molecular weight is 320 g/mol. The third-order valence-corrected chi connectivity index (χ3v) is 3.27. The number of esters is 1. The smallest absolute Gasteiger partial charge is 0.331 e. The number of ether oxygens (including phenoxy) is 3. The van der Waals surface area contributed by atoms with Crippen LogP contribution in [0.2, 0.25) is 0 Å². The Hall–Kier alpha value is -3.19. The summed E-state index contributed by atoms with van der Waals surface area (Å²) in [6, 6.07) is 15.0. The fourth-order valence-electron chi connectivity index (χ4n) is 2.14. The van der Waals surface area contributed by atoms with Crippen LogP contribution in [0.5, 0.6) is 11.5 Å². The molecule has 4 heteroatoms. The van der Waals surface area contributed by atoms with Crippen molar-refractivity contribution < 1.29 is 19.0 Å². The molecule has 1 heterocycles. The van der Waals surface area contributed by atoms with Crippen molar-refractivity contribution >= 4 is 12.0 Å². The van der Waals surface area contributed by atoms with Gasteiger partial charge in [0.1, 0.15) is 13.2 Å². The van der Waals surface area contributed by atoms with Crippen LogP contribution < -0.4 is 9.47 Å². The SMILES string of the molecule is O=C(C=Cc1ccc2c(c1)OCCO2)OCC#Cc1ccccc1. The third-order valence-electron chi connectivity index (χ3n) is 3.27. The quantitative estimate of drug-likeness (QED) is 0.495. The van der Waals surface area contributed by atoms with Crippen molar-refractivity contribution in [2.75, 3.05) is 19.8 Å². The molecule has 0 bridgehead atoms. The maximum atomic E-state index is 11.7. The first-order valence-corrected chi connectivity index (χ1v) is 7.60. The van der Waals surface area contributed by atoms with Gasteiger partial charge < -0.3 is 14.2 Å². The maximum Gasteiger partial charge on any atom is 0.331 e. The first kappa shape index (κ1) is 15.7. The predicted molar refractivity (Wildman–Crippen MR) is 90.7 cm³/mol. The highest BCUT2D eigenvalue weighted by Crippen LogP contribution is 2.31. The predicted octanol–water partition coefficient (Wildman–Crippen LogP) is 3.07. The lowest BCUT2D eigenvalue weighted by Gasteiger charge is -2.18. The van der Waals surface area contributed by atoms with E-state index in [-0.39, 0.29) is 6.61 Å². The van der Waals surface area contributed by atoms with E-state index in [1.165, 1.54) is 6.08 Å². The molecule has 0 aromatic heterocycles. The zero-order valence-electron chi connectivity index (χ0n) is 13.0. The molecule has 4 nitrogen and oxygen atoms in total. The van der Waals surface area contributed by atoms with Gasteiger partial charge in [0.15, 0.2) is 18.1 Å². The van der Waals surface area contributed by atoms with E-state index in [0.29, 0.717) is 19.0 Å². The van der Waals surface area contributed by atoms with E-state index < -0.39 is 5.97 Å². The molecule has 0 atom stereocenters. The monoisotopic (exact) mass is 320 g/mol. The second-order valence-corrected chi connectivity index (χ2v) is 5.01. The van der Waals surface area contributed by atoms with Crippen LogP contribution in [0.4, 0.5) is 0 Å². The summed E-state index contributed by atoms with van der Waals surface area (Å²) in [5, 5.41) is 0. The summed E-state index contributed by atoms with van der Waals surface area (Å²) in [6.07, 6.45) is 3.04. The Balaban J connectivity index is 1.51. The molecule has 2 aromatic rings. The Morgan fingerprint density at radius 1 is 1.08 bits per heavy atom. The Morgan fingerprint density at radius 2 is 1.88 bits per heavy atom. The number of carbonyl (C=O) groups is 1. The molecule has 24 heavy (non-hydrogen) atoms. The van der Waals surface area contributed by atoms with Crippen LogP contribution in [0.25, 0.3) is 6.08 Å². The topological polar surface area (TPSA) is 44.8 Å². The van der Waals surface area contributed by atoms with Gasteiger partial charge in [-0.1, -0.05) is 36.1 Å². The average Bonchev–Trinajstić information content (AvgIpc) is 2.64. The molecule has 0 spiro atoms. The van der Waals surface area contributed by atoms with E-state index in [0.717, 1.165) is 16.9 Å². The van der Waals surface area contributed by atoms with Gasteiger partial charge in [-0.25, -0.2) is 4.79 Å². The van der Waals surface area contributed by atoms with Crippen LogP contribution in [0.3, 0.4) is 0 Å². The van der Waals surface area contributed by atoms with Crippen LogP contribution >= 0.6 is 0 Å². The Labute approximate surface area is 140 Å². The van der Waals surface area contributed by atoms with E-state index in [4.69, 9.17) is 14.2 Å². The van der Waals surface area contributed by atoms with Crippen molar-refractivity contribution in [3.63, 3.8) is 0 Å². The minimum absolute atomic E-state index is 0.0548. The normalized spacial score (nSPS) is 12.3. The molecule has 3 rings (SSSR count). The molecule has 0 fully saturated rings. The summed E-state index contributed by atoms with van der Waals surface area (Å²) in [6.45, 7) is 1.14. The summed E-state index contributed by atoms with van der Waals surface area (Å²) >= 11 is 0. The molecule has 0 saturated heterocycles. The fraction of sp³-hybridized carbons (Fsp3) is 0.150. The van der Waals surface area contributed by atoms with Gasteiger partial charge in [0.05, 0.1) is 0 Å². The third kappa shape index (κ3) is 4.40. The van der Waals surface area contributed by atoms with Gasteiger partial charge in [-0.2, -0.15) is 0 Å². The van der Waals surface area contributed by atoms with Crippen molar-refractivity contribution in [3.8, 4) is 23.3 Å². The van der Waals surface area contributed by atoms with Crippen LogP contribution in [0, 0.1) is 11.8 Å². The zero-order chi connectivity index (χ0) is 16.6. The number of fused-ring (bicyclic) bond motifs is 1. The molecular weight excluding hydrogens is 304 g/mol. The molecule has 120 valence electrons. The van der Waals surface area contributed by atoms with Crippen LogP contribution in [-0.2, 0) is 9.53 Å². The molecule has 0 aliphatic carbocycles. The van der Waals surface area contributed by atoms with Gasteiger partial charge in [-0.3, -0.25) is 0 Å². The fourth-order valence-corrected chi connectivity index (χ4v) is 2.14. The number of hydrogen-bond acceptors (Lipinski definition) is 4. The number of benzene rings is 2. The van der Waals surface area contributed by atoms with Crippen molar-refractivity contribution in [1.29, 1.82) is 0 Å². The minimum atomic E-state index is -0.438. The largest absolute Gasteiger partial charge is 0.486 e. The van der Waals surface area contributed by atoms with Crippen molar-refractivity contribution in [2.24, 2.45) is 0 Å². The van der Waals surface area contributed by atoms with Crippen LogP contribution in [0.15, 0.2) is 54.6 Å². The van der Waals surface area contributed by atoms with Gasteiger partial charge >= 0.3 is 5.97 Å². The minimum Gasteiger partial charge on any atom is -0.486 e. The lowest BCUT2D eigenvalue weighted by molar-refractivity contribution is -0.136. The maximum absolute atomic E-state index is 11.7. The van der Waals surface area contributed by atoms with Gasteiger partial charge in [-0.05, 0) is 35.9 Å². The van der Waals surface area contributed by atoms with Crippen molar-refractivity contribution in [2.45, 2.75) is 0 Å². The molecule has 0 unspecified atom stereocenters. The molecule has 1 aliphatic rings. The molecular formula is C20H16O4. The Morgan fingerprint density at radius 3 is 2.71 bits per heavy atom. The molecule has 0 amide bonds. The standard InChI is InChI=1S/C20H16O4/c21-20(24-12-4-7-16-5-2-1-3-6-16)11-9-17-8-10-18-19(15-17)23-14-13-22-18/h1-3,5-6,8-11,15H,12-14H2. The number of rotatable bonds is 3. The van der Waals surface area contributed by atoms with E-state index in [2.05, 4.69) is 11.8 Å². The molecule has 0 saturated carbocycles.